The first-order valence-corrected chi connectivity index (χ1v) is 6.39. The van der Waals surface area contributed by atoms with Crippen molar-refractivity contribution in [2.75, 3.05) is 5.32 Å². The smallest absolute Gasteiger partial charge is 0.246 e. The first-order valence-electron chi connectivity index (χ1n) is 6.01. The van der Waals surface area contributed by atoms with Crippen LogP contribution < -0.4 is 10.6 Å². The van der Waals surface area contributed by atoms with Gasteiger partial charge in [-0.15, -0.1) is 0 Å². The maximum absolute atomic E-state index is 12.0. The standard InChI is InChI=1S/C13H15ClN2O2/c14-9-4-3-5-10(8-9)15-13(18)11-6-1-2-7-12(17)16-11/h3-5,8,11H,1-2,6-7H2,(H,15,18)(H,16,17). The number of anilines is 1. The molecule has 0 spiro atoms. The van der Waals surface area contributed by atoms with Crippen molar-refractivity contribution < 1.29 is 9.59 Å². The minimum atomic E-state index is -0.445. The van der Waals surface area contributed by atoms with Crippen molar-refractivity contribution in [3.05, 3.63) is 29.3 Å². The van der Waals surface area contributed by atoms with Gasteiger partial charge in [-0.1, -0.05) is 24.1 Å². The highest BCUT2D eigenvalue weighted by atomic mass is 35.5. The lowest BCUT2D eigenvalue weighted by molar-refractivity contribution is -0.125. The maximum atomic E-state index is 12.0. The van der Waals surface area contributed by atoms with Crippen molar-refractivity contribution in [3.63, 3.8) is 0 Å². The Hall–Kier alpha value is -1.55. The van der Waals surface area contributed by atoms with Crippen molar-refractivity contribution in [2.24, 2.45) is 0 Å². The Labute approximate surface area is 111 Å². The molecule has 2 amide bonds. The van der Waals surface area contributed by atoms with Crippen LogP contribution in [-0.2, 0) is 9.59 Å². The van der Waals surface area contributed by atoms with E-state index in [1.165, 1.54) is 0 Å². The number of hydrogen-bond acceptors (Lipinski definition) is 2. The zero-order valence-corrected chi connectivity index (χ0v) is 10.7. The van der Waals surface area contributed by atoms with Crippen LogP contribution in [0.3, 0.4) is 0 Å². The van der Waals surface area contributed by atoms with E-state index in [4.69, 9.17) is 11.6 Å². The van der Waals surface area contributed by atoms with E-state index in [9.17, 15) is 9.59 Å². The zero-order chi connectivity index (χ0) is 13.0. The number of carbonyl (C=O) groups excluding carboxylic acids is 2. The van der Waals surface area contributed by atoms with Crippen molar-refractivity contribution in [1.29, 1.82) is 0 Å². The van der Waals surface area contributed by atoms with Gasteiger partial charge in [0.25, 0.3) is 0 Å². The molecule has 1 aliphatic heterocycles. The fraction of sp³-hybridized carbons (Fsp3) is 0.385. The molecule has 0 aliphatic carbocycles. The molecule has 1 atom stereocenters. The second-order valence-electron chi connectivity index (χ2n) is 4.37. The van der Waals surface area contributed by atoms with Gasteiger partial charge in [0.2, 0.25) is 11.8 Å². The third kappa shape index (κ3) is 3.47. The van der Waals surface area contributed by atoms with Crippen LogP contribution in [0.15, 0.2) is 24.3 Å². The Balaban J connectivity index is 2.00. The van der Waals surface area contributed by atoms with E-state index < -0.39 is 6.04 Å². The molecule has 0 aromatic heterocycles. The highest BCUT2D eigenvalue weighted by Crippen LogP contribution is 2.16. The average Bonchev–Trinajstić information content (AvgIpc) is 2.54. The molecular weight excluding hydrogens is 252 g/mol. The third-order valence-electron chi connectivity index (χ3n) is 2.89. The Bertz CT molecular complexity index is 462. The summed E-state index contributed by atoms with van der Waals surface area (Å²) >= 11 is 5.84. The van der Waals surface area contributed by atoms with Crippen LogP contribution >= 0.6 is 11.6 Å². The average molecular weight is 267 g/mol. The van der Waals surface area contributed by atoms with Gasteiger partial charge in [-0.2, -0.15) is 0 Å². The van der Waals surface area contributed by atoms with Crippen LogP contribution in [0.25, 0.3) is 0 Å². The molecule has 4 nitrogen and oxygen atoms in total. The number of hydrogen-bond donors (Lipinski definition) is 2. The minimum Gasteiger partial charge on any atom is -0.344 e. The number of halogens is 1. The summed E-state index contributed by atoms with van der Waals surface area (Å²) in [5.41, 5.74) is 0.644. The lowest BCUT2D eigenvalue weighted by atomic mass is 10.1. The van der Waals surface area contributed by atoms with E-state index in [2.05, 4.69) is 10.6 Å². The highest BCUT2D eigenvalue weighted by Gasteiger charge is 2.22. The van der Waals surface area contributed by atoms with Gasteiger partial charge in [0, 0.05) is 17.1 Å². The second-order valence-corrected chi connectivity index (χ2v) is 4.80. The van der Waals surface area contributed by atoms with E-state index in [0.29, 0.717) is 23.6 Å². The first kappa shape index (κ1) is 12.9. The molecule has 5 heteroatoms. The summed E-state index contributed by atoms with van der Waals surface area (Å²) in [7, 11) is 0. The highest BCUT2D eigenvalue weighted by molar-refractivity contribution is 6.30. The molecule has 2 rings (SSSR count). The normalized spacial score (nSPS) is 19.8. The molecule has 0 saturated carbocycles. The largest absolute Gasteiger partial charge is 0.344 e. The van der Waals surface area contributed by atoms with Crippen molar-refractivity contribution in [3.8, 4) is 0 Å². The monoisotopic (exact) mass is 266 g/mol. The van der Waals surface area contributed by atoms with E-state index in [-0.39, 0.29) is 11.8 Å². The van der Waals surface area contributed by atoms with Crippen molar-refractivity contribution >= 4 is 29.1 Å². The van der Waals surface area contributed by atoms with Gasteiger partial charge in [0.05, 0.1) is 0 Å². The SMILES string of the molecule is O=C1CCCCC(C(=O)Nc2cccc(Cl)c2)N1. The van der Waals surface area contributed by atoms with Gasteiger partial charge in [0.1, 0.15) is 6.04 Å². The van der Waals surface area contributed by atoms with Crippen molar-refractivity contribution in [1.82, 2.24) is 5.32 Å². The zero-order valence-electron chi connectivity index (χ0n) is 9.91. The lowest BCUT2D eigenvalue weighted by Crippen LogP contribution is -2.42. The molecule has 1 heterocycles. The molecule has 1 unspecified atom stereocenters. The molecule has 1 fully saturated rings. The van der Waals surface area contributed by atoms with Gasteiger partial charge in [-0.3, -0.25) is 9.59 Å². The van der Waals surface area contributed by atoms with Crippen LogP contribution in [-0.4, -0.2) is 17.9 Å². The summed E-state index contributed by atoms with van der Waals surface area (Å²) in [4.78, 5) is 23.4. The Morgan fingerprint density at radius 1 is 1.39 bits per heavy atom. The fourth-order valence-electron chi connectivity index (χ4n) is 1.96. The summed E-state index contributed by atoms with van der Waals surface area (Å²) in [6.45, 7) is 0. The van der Waals surface area contributed by atoms with E-state index in [0.717, 1.165) is 12.8 Å². The van der Waals surface area contributed by atoms with E-state index in [1.54, 1.807) is 24.3 Å². The molecule has 1 saturated heterocycles. The maximum Gasteiger partial charge on any atom is 0.246 e. The van der Waals surface area contributed by atoms with Crippen LogP contribution in [0.1, 0.15) is 25.7 Å². The Kier molecular flexibility index (Phi) is 4.20. The van der Waals surface area contributed by atoms with E-state index in [1.807, 2.05) is 0 Å². The number of amides is 2. The molecule has 1 aromatic carbocycles. The summed E-state index contributed by atoms with van der Waals surface area (Å²) in [5.74, 6) is -0.244. The molecule has 2 N–H and O–H groups in total. The molecule has 1 aliphatic rings. The molecular formula is C13H15ClN2O2. The van der Waals surface area contributed by atoms with E-state index >= 15 is 0 Å². The quantitative estimate of drug-likeness (QED) is 0.863. The van der Waals surface area contributed by atoms with Gasteiger partial charge in [-0.25, -0.2) is 0 Å². The molecule has 1 aromatic rings. The molecule has 96 valence electrons. The fourth-order valence-corrected chi connectivity index (χ4v) is 2.16. The number of rotatable bonds is 2. The van der Waals surface area contributed by atoms with Crippen LogP contribution in [0.2, 0.25) is 5.02 Å². The van der Waals surface area contributed by atoms with Crippen LogP contribution in [0, 0.1) is 0 Å². The lowest BCUT2D eigenvalue weighted by Gasteiger charge is -2.15. The summed E-state index contributed by atoms with van der Waals surface area (Å²) in [5, 5.41) is 6.06. The van der Waals surface area contributed by atoms with Gasteiger partial charge in [-0.05, 0) is 31.0 Å². The predicted molar refractivity (Wildman–Crippen MR) is 70.5 cm³/mol. The minimum absolute atomic E-state index is 0.0567. The van der Waals surface area contributed by atoms with Gasteiger partial charge >= 0.3 is 0 Å². The summed E-state index contributed by atoms with van der Waals surface area (Å²) < 4.78 is 0. The second kappa shape index (κ2) is 5.87. The number of benzene rings is 1. The molecule has 0 radical (unpaired) electrons. The van der Waals surface area contributed by atoms with Gasteiger partial charge in [0.15, 0.2) is 0 Å². The third-order valence-corrected chi connectivity index (χ3v) is 3.13. The summed E-state index contributed by atoms with van der Waals surface area (Å²) in [6.07, 6.45) is 2.90. The molecule has 18 heavy (non-hydrogen) atoms. The predicted octanol–water partition coefficient (Wildman–Crippen LogP) is 2.34. The first-order chi connectivity index (χ1) is 8.65. The van der Waals surface area contributed by atoms with Gasteiger partial charge < -0.3 is 10.6 Å². The van der Waals surface area contributed by atoms with Crippen molar-refractivity contribution in [2.45, 2.75) is 31.7 Å². The topological polar surface area (TPSA) is 58.2 Å². The Morgan fingerprint density at radius 2 is 2.22 bits per heavy atom. The van der Waals surface area contributed by atoms with Crippen LogP contribution in [0.5, 0.6) is 0 Å². The number of carbonyl (C=O) groups is 2. The molecule has 0 bridgehead atoms. The Morgan fingerprint density at radius 3 is 3.00 bits per heavy atom. The summed E-state index contributed by atoms with van der Waals surface area (Å²) in [6, 6.07) is 6.51. The number of nitrogens with one attached hydrogen (secondary N) is 2. The van der Waals surface area contributed by atoms with Crippen LogP contribution in [0.4, 0.5) is 5.69 Å².